The minimum atomic E-state index is -0.703. The minimum absolute atomic E-state index is 0.0895. The van der Waals surface area contributed by atoms with Gasteiger partial charge in [-0.3, -0.25) is 9.59 Å². The molecule has 3 aromatic carbocycles. The molecule has 3 aromatic rings. The molecule has 1 saturated heterocycles. The average Bonchev–Trinajstić information content (AvgIpc) is 2.89. The number of amides is 4. The number of carbonyl (C=O) groups is 3. The van der Waals surface area contributed by atoms with Gasteiger partial charge in [0, 0.05) is 18.8 Å². The zero-order valence-electron chi connectivity index (χ0n) is 19.8. The first-order chi connectivity index (χ1) is 17.0. The number of carbonyl (C=O) groups excluding carboxylic acids is 3. The van der Waals surface area contributed by atoms with Crippen LogP contribution in [0, 0.1) is 0 Å². The molecule has 0 unspecified atom stereocenters. The van der Waals surface area contributed by atoms with Gasteiger partial charge in [-0.05, 0) is 61.9 Å². The number of hydrogen-bond acceptors (Lipinski definition) is 4. The molecule has 0 radical (unpaired) electrons. The molecule has 0 atom stereocenters. The predicted octanol–water partition coefficient (Wildman–Crippen LogP) is 5.67. The molecule has 1 fully saturated rings. The van der Waals surface area contributed by atoms with E-state index in [0.717, 1.165) is 34.1 Å². The molecule has 1 aliphatic heterocycles. The van der Waals surface area contributed by atoms with Crippen LogP contribution in [0.3, 0.4) is 0 Å². The van der Waals surface area contributed by atoms with Crippen molar-refractivity contribution in [2.75, 3.05) is 27.8 Å². The molecule has 0 saturated carbocycles. The van der Waals surface area contributed by atoms with Crippen LogP contribution in [0.25, 0.3) is 6.08 Å². The lowest BCUT2D eigenvalue weighted by Crippen LogP contribution is -2.57. The van der Waals surface area contributed by atoms with Gasteiger partial charge in [0.1, 0.15) is 5.57 Å². The summed E-state index contributed by atoms with van der Waals surface area (Å²) in [4.78, 5) is 44.2. The Kier molecular flexibility index (Phi) is 7.21. The summed E-state index contributed by atoms with van der Waals surface area (Å²) in [5.41, 5.74) is 2.78. The van der Waals surface area contributed by atoms with Crippen LogP contribution in [0.2, 0.25) is 0 Å². The van der Waals surface area contributed by atoms with Gasteiger partial charge < -0.3 is 4.90 Å². The maximum absolute atomic E-state index is 13.3. The predicted molar refractivity (Wildman–Crippen MR) is 140 cm³/mol. The standard InChI is InChI=1S/C29H27N3O3/c1-3-30(4-2)23-20-18-22(19-21-23)12-11-17-26-27(33)31(24-13-7-5-8-14-24)29(35)32(28(26)34)25-15-9-6-10-16-25/h5-21H,3-4H2,1-2H3/b12-11+. The molecule has 4 rings (SSSR count). The molecule has 176 valence electrons. The van der Waals surface area contributed by atoms with Gasteiger partial charge in [-0.1, -0.05) is 60.7 Å². The first kappa shape index (κ1) is 23.7. The summed E-state index contributed by atoms with van der Waals surface area (Å²) >= 11 is 0. The molecule has 1 aliphatic rings. The Morgan fingerprint density at radius 3 is 1.63 bits per heavy atom. The van der Waals surface area contributed by atoms with Gasteiger partial charge in [-0.15, -0.1) is 0 Å². The lowest BCUT2D eigenvalue weighted by atomic mass is 10.1. The van der Waals surface area contributed by atoms with E-state index in [1.807, 2.05) is 30.3 Å². The van der Waals surface area contributed by atoms with E-state index in [4.69, 9.17) is 0 Å². The molecule has 0 aromatic heterocycles. The SMILES string of the molecule is CCN(CC)c1ccc(/C=C/C=C2C(=O)N(c3ccccc3)C(=O)N(c3ccccc3)C2=O)cc1. The summed E-state index contributed by atoms with van der Waals surface area (Å²) in [5.74, 6) is -1.31. The molecule has 6 nitrogen and oxygen atoms in total. The summed E-state index contributed by atoms with van der Waals surface area (Å²) in [6.07, 6.45) is 4.97. The number of anilines is 3. The molecule has 4 amide bonds. The van der Waals surface area contributed by atoms with Gasteiger partial charge in [-0.25, -0.2) is 14.6 Å². The second-order valence-electron chi connectivity index (χ2n) is 7.94. The summed E-state index contributed by atoms with van der Waals surface area (Å²) in [7, 11) is 0. The monoisotopic (exact) mass is 465 g/mol. The number of imide groups is 2. The molecular weight excluding hydrogens is 438 g/mol. The van der Waals surface area contributed by atoms with Crippen LogP contribution in [-0.2, 0) is 9.59 Å². The smallest absolute Gasteiger partial charge is 0.343 e. The molecule has 6 heteroatoms. The summed E-state index contributed by atoms with van der Waals surface area (Å²) in [6, 6.07) is 24.6. The van der Waals surface area contributed by atoms with E-state index in [-0.39, 0.29) is 5.57 Å². The van der Waals surface area contributed by atoms with Crippen molar-refractivity contribution in [3.05, 3.63) is 108 Å². The van der Waals surface area contributed by atoms with E-state index in [9.17, 15) is 14.4 Å². The molecule has 0 aliphatic carbocycles. The van der Waals surface area contributed by atoms with Crippen LogP contribution < -0.4 is 14.7 Å². The van der Waals surface area contributed by atoms with E-state index < -0.39 is 17.8 Å². The fourth-order valence-corrected chi connectivity index (χ4v) is 4.00. The quantitative estimate of drug-likeness (QED) is 0.333. The zero-order valence-corrected chi connectivity index (χ0v) is 19.8. The number of rotatable bonds is 7. The first-order valence-electron chi connectivity index (χ1n) is 11.6. The Morgan fingerprint density at radius 1 is 0.686 bits per heavy atom. The fourth-order valence-electron chi connectivity index (χ4n) is 4.00. The van der Waals surface area contributed by atoms with Gasteiger partial charge >= 0.3 is 6.03 Å². The van der Waals surface area contributed by atoms with Gasteiger partial charge in [0.15, 0.2) is 0 Å². The lowest BCUT2D eigenvalue weighted by Gasteiger charge is -2.33. The van der Waals surface area contributed by atoms with Gasteiger partial charge in [0.25, 0.3) is 11.8 Å². The molecule has 0 spiro atoms. The van der Waals surface area contributed by atoms with Gasteiger partial charge in [-0.2, -0.15) is 0 Å². The molecule has 1 heterocycles. The van der Waals surface area contributed by atoms with Crippen molar-refractivity contribution in [1.29, 1.82) is 0 Å². The van der Waals surface area contributed by atoms with Crippen molar-refractivity contribution < 1.29 is 14.4 Å². The molecule has 0 bridgehead atoms. The Hall–Kier alpha value is -4.45. The van der Waals surface area contributed by atoms with Gasteiger partial charge in [0.05, 0.1) is 11.4 Å². The van der Waals surface area contributed by atoms with Crippen LogP contribution in [0.4, 0.5) is 21.9 Å². The number of benzene rings is 3. The molecular formula is C29H27N3O3. The first-order valence-corrected chi connectivity index (χ1v) is 11.6. The van der Waals surface area contributed by atoms with E-state index in [0.29, 0.717) is 11.4 Å². The van der Waals surface area contributed by atoms with E-state index in [2.05, 4.69) is 18.7 Å². The van der Waals surface area contributed by atoms with Crippen LogP contribution >= 0.6 is 0 Å². The highest BCUT2D eigenvalue weighted by Crippen LogP contribution is 2.28. The Morgan fingerprint density at radius 2 is 1.17 bits per heavy atom. The number of nitrogens with zero attached hydrogens (tertiary/aromatic N) is 3. The molecule has 0 N–H and O–H groups in total. The third-order valence-corrected chi connectivity index (χ3v) is 5.85. The number of allylic oxidation sites excluding steroid dienone is 2. The van der Waals surface area contributed by atoms with Crippen molar-refractivity contribution in [3.8, 4) is 0 Å². The highest BCUT2D eigenvalue weighted by molar-refractivity contribution is 6.45. The zero-order chi connectivity index (χ0) is 24.8. The highest BCUT2D eigenvalue weighted by atomic mass is 16.2. The number of barbiturate groups is 1. The lowest BCUT2D eigenvalue weighted by molar-refractivity contribution is -0.121. The maximum Gasteiger partial charge on any atom is 0.343 e. The van der Waals surface area contributed by atoms with Crippen molar-refractivity contribution in [2.45, 2.75) is 13.8 Å². The van der Waals surface area contributed by atoms with E-state index >= 15 is 0 Å². The van der Waals surface area contributed by atoms with Crippen molar-refractivity contribution >= 4 is 41.0 Å². The Labute approximate surface area is 205 Å². The topological polar surface area (TPSA) is 60.9 Å². The summed E-state index contributed by atoms with van der Waals surface area (Å²) in [6.45, 7) is 6.08. The van der Waals surface area contributed by atoms with Crippen LogP contribution in [-0.4, -0.2) is 30.9 Å². The second-order valence-corrected chi connectivity index (χ2v) is 7.94. The van der Waals surface area contributed by atoms with Gasteiger partial charge in [0.2, 0.25) is 0 Å². The number of para-hydroxylation sites is 2. The minimum Gasteiger partial charge on any atom is -0.372 e. The highest BCUT2D eigenvalue weighted by Gasteiger charge is 2.43. The average molecular weight is 466 g/mol. The summed E-state index contributed by atoms with van der Waals surface area (Å²) in [5, 5.41) is 0. The van der Waals surface area contributed by atoms with E-state index in [1.54, 1.807) is 66.7 Å². The van der Waals surface area contributed by atoms with E-state index in [1.165, 1.54) is 6.08 Å². The largest absolute Gasteiger partial charge is 0.372 e. The number of hydrogen-bond donors (Lipinski definition) is 0. The van der Waals surface area contributed by atoms with Crippen LogP contribution in [0.5, 0.6) is 0 Å². The van der Waals surface area contributed by atoms with Crippen LogP contribution in [0.15, 0.2) is 103 Å². The Bertz CT molecular complexity index is 1200. The second kappa shape index (κ2) is 10.7. The Balaban J connectivity index is 1.67. The third kappa shape index (κ3) is 4.92. The third-order valence-electron chi connectivity index (χ3n) is 5.85. The number of urea groups is 1. The van der Waals surface area contributed by atoms with Crippen molar-refractivity contribution in [3.63, 3.8) is 0 Å². The molecule has 35 heavy (non-hydrogen) atoms. The maximum atomic E-state index is 13.3. The normalized spacial score (nSPS) is 14.1. The van der Waals surface area contributed by atoms with Crippen LogP contribution in [0.1, 0.15) is 19.4 Å². The fraction of sp³-hybridized carbons (Fsp3) is 0.138. The summed E-state index contributed by atoms with van der Waals surface area (Å²) < 4.78 is 0. The van der Waals surface area contributed by atoms with Crippen molar-refractivity contribution in [1.82, 2.24) is 0 Å². The van der Waals surface area contributed by atoms with Crippen molar-refractivity contribution in [2.24, 2.45) is 0 Å².